The second kappa shape index (κ2) is 8.00. The smallest absolute Gasteiger partial charge is 0.312 e. The zero-order chi connectivity index (χ0) is 19.6. The summed E-state index contributed by atoms with van der Waals surface area (Å²) in [5.74, 6) is -1.18. The van der Waals surface area contributed by atoms with Gasteiger partial charge in [-0.25, -0.2) is 0 Å². The first-order valence-electron chi connectivity index (χ1n) is 9.78. The Balaban J connectivity index is 1.63. The molecule has 1 aromatic heterocycles. The van der Waals surface area contributed by atoms with Gasteiger partial charge in [0.1, 0.15) is 0 Å². The van der Waals surface area contributed by atoms with E-state index >= 15 is 0 Å². The van der Waals surface area contributed by atoms with E-state index in [1.54, 1.807) is 16.2 Å². The van der Waals surface area contributed by atoms with Crippen LogP contribution >= 0.6 is 11.3 Å². The first-order valence-corrected chi connectivity index (χ1v) is 10.7. The number of carbonyl (C=O) groups is 3. The highest BCUT2D eigenvalue weighted by molar-refractivity contribution is 7.07. The minimum Gasteiger partial charge on any atom is -0.361 e. The van der Waals surface area contributed by atoms with Crippen molar-refractivity contribution in [1.29, 1.82) is 0 Å². The first kappa shape index (κ1) is 19.9. The molecule has 3 amide bonds. The van der Waals surface area contributed by atoms with Gasteiger partial charge in [0.15, 0.2) is 0 Å². The third kappa shape index (κ3) is 4.18. The zero-order valence-corrected chi connectivity index (χ0v) is 17.0. The van der Waals surface area contributed by atoms with Crippen LogP contribution in [-0.4, -0.2) is 46.7 Å². The van der Waals surface area contributed by atoms with Gasteiger partial charge in [-0.1, -0.05) is 20.3 Å². The van der Waals surface area contributed by atoms with Gasteiger partial charge in [0.2, 0.25) is 5.91 Å². The Kier molecular flexibility index (Phi) is 5.89. The van der Waals surface area contributed by atoms with E-state index in [1.165, 1.54) is 0 Å². The van der Waals surface area contributed by atoms with Gasteiger partial charge >= 0.3 is 11.8 Å². The predicted molar refractivity (Wildman–Crippen MR) is 105 cm³/mol. The molecule has 148 valence electrons. The van der Waals surface area contributed by atoms with Crippen molar-refractivity contribution < 1.29 is 14.4 Å². The number of carbonyl (C=O) groups excluding carboxylic acids is 3. The summed E-state index contributed by atoms with van der Waals surface area (Å²) in [6.07, 6.45) is 4.59. The molecule has 1 aliphatic carbocycles. The molecule has 2 N–H and O–H groups in total. The maximum atomic E-state index is 12.5. The van der Waals surface area contributed by atoms with Crippen LogP contribution < -0.4 is 5.73 Å². The molecule has 1 aliphatic heterocycles. The van der Waals surface area contributed by atoms with Crippen molar-refractivity contribution in [1.82, 2.24) is 9.80 Å². The molecular weight excluding hydrogens is 362 g/mol. The van der Waals surface area contributed by atoms with Crippen molar-refractivity contribution in [3.05, 3.63) is 22.4 Å². The minimum atomic E-state index is -0.895. The number of hydrogen-bond donors (Lipinski definition) is 1. The van der Waals surface area contributed by atoms with Gasteiger partial charge in [-0.3, -0.25) is 14.4 Å². The summed E-state index contributed by atoms with van der Waals surface area (Å²) in [7, 11) is 0. The van der Waals surface area contributed by atoms with E-state index in [2.05, 4.69) is 6.92 Å². The summed E-state index contributed by atoms with van der Waals surface area (Å²) < 4.78 is 0. The lowest BCUT2D eigenvalue weighted by Gasteiger charge is -2.36. The molecule has 0 bridgehead atoms. The fourth-order valence-corrected chi connectivity index (χ4v) is 5.05. The van der Waals surface area contributed by atoms with Gasteiger partial charge in [0.25, 0.3) is 0 Å². The number of likely N-dealkylation sites (tertiary alicyclic amines) is 1. The monoisotopic (exact) mass is 391 g/mol. The molecule has 0 radical (unpaired) electrons. The highest BCUT2D eigenvalue weighted by Crippen LogP contribution is 2.57. The van der Waals surface area contributed by atoms with Gasteiger partial charge < -0.3 is 15.5 Å². The van der Waals surface area contributed by atoms with Crippen molar-refractivity contribution in [2.24, 2.45) is 17.1 Å². The number of nitrogens with zero attached hydrogens (tertiary/aromatic N) is 2. The van der Waals surface area contributed by atoms with E-state index in [9.17, 15) is 14.4 Å². The van der Waals surface area contributed by atoms with Crippen molar-refractivity contribution in [3.63, 3.8) is 0 Å². The lowest BCUT2D eigenvalue weighted by atomic mass is 9.91. The Labute approximate surface area is 164 Å². The van der Waals surface area contributed by atoms with Gasteiger partial charge in [0, 0.05) is 31.6 Å². The average Bonchev–Trinajstić information content (AvgIpc) is 3.08. The van der Waals surface area contributed by atoms with E-state index in [1.807, 2.05) is 28.7 Å². The first-order chi connectivity index (χ1) is 12.9. The molecule has 2 aliphatic rings. The lowest BCUT2D eigenvalue weighted by molar-refractivity contribution is -0.145. The maximum absolute atomic E-state index is 12.5. The van der Waals surface area contributed by atoms with Crippen molar-refractivity contribution in [2.75, 3.05) is 13.1 Å². The predicted octanol–water partition coefficient (Wildman–Crippen LogP) is 2.38. The quantitative estimate of drug-likeness (QED) is 0.756. The molecule has 2 fully saturated rings. The second-order valence-electron chi connectivity index (χ2n) is 8.03. The normalized spacial score (nSPS) is 21.7. The molecule has 7 heteroatoms. The molecule has 3 rings (SSSR count). The number of primary amides is 1. The summed E-state index contributed by atoms with van der Waals surface area (Å²) in [5.41, 5.74) is 6.35. The summed E-state index contributed by atoms with van der Waals surface area (Å²) >= 11 is 1.57. The number of rotatable bonds is 6. The van der Waals surface area contributed by atoms with E-state index in [4.69, 9.17) is 5.73 Å². The van der Waals surface area contributed by atoms with Crippen LogP contribution in [0.1, 0.15) is 51.5 Å². The molecule has 1 aromatic rings. The summed E-state index contributed by atoms with van der Waals surface area (Å²) in [5, 5.41) is 3.96. The second-order valence-corrected chi connectivity index (χ2v) is 8.81. The molecule has 1 spiro atoms. The maximum Gasteiger partial charge on any atom is 0.312 e. The summed E-state index contributed by atoms with van der Waals surface area (Å²) in [6, 6.07) is 2.01. The number of thiophene rings is 1. The third-order valence-electron chi connectivity index (χ3n) is 6.14. The Morgan fingerprint density at radius 3 is 2.63 bits per heavy atom. The number of nitrogens with two attached hydrogens (primary N) is 1. The van der Waals surface area contributed by atoms with E-state index < -0.39 is 11.8 Å². The molecule has 1 saturated heterocycles. The number of piperidine rings is 1. The molecular formula is C20H29N3O3S. The van der Waals surface area contributed by atoms with Crippen LogP contribution in [0.3, 0.4) is 0 Å². The molecule has 2 unspecified atom stereocenters. The Hall–Kier alpha value is -1.89. The van der Waals surface area contributed by atoms with Crippen LogP contribution in [0.4, 0.5) is 0 Å². The molecule has 2 atom stereocenters. The highest BCUT2D eigenvalue weighted by atomic mass is 32.1. The lowest BCUT2D eigenvalue weighted by Crippen LogP contribution is -2.46. The van der Waals surface area contributed by atoms with Crippen LogP contribution in [0.25, 0.3) is 0 Å². The van der Waals surface area contributed by atoms with Gasteiger partial charge in [-0.05, 0) is 53.5 Å². The van der Waals surface area contributed by atoms with Crippen molar-refractivity contribution in [2.45, 2.75) is 58.5 Å². The molecule has 2 heterocycles. The van der Waals surface area contributed by atoms with Gasteiger partial charge in [-0.2, -0.15) is 11.3 Å². The van der Waals surface area contributed by atoms with Crippen molar-refractivity contribution >= 4 is 29.1 Å². The van der Waals surface area contributed by atoms with E-state index in [-0.39, 0.29) is 23.3 Å². The molecule has 27 heavy (non-hydrogen) atoms. The zero-order valence-electron chi connectivity index (χ0n) is 16.1. The Morgan fingerprint density at radius 1 is 1.37 bits per heavy atom. The number of amides is 3. The Bertz CT molecular complexity index is 695. The minimum absolute atomic E-state index is 0.0336. The average molecular weight is 392 g/mol. The molecule has 1 saturated carbocycles. The topological polar surface area (TPSA) is 83.7 Å². The van der Waals surface area contributed by atoms with Gasteiger partial charge in [0.05, 0.1) is 0 Å². The fraction of sp³-hybridized carbons (Fsp3) is 0.650. The van der Waals surface area contributed by atoms with Crippen LogP contribution in [0.5, 0.6) is 0 Å². The van der Waals surface area contributed by atoms with Crippen molar-refractivity contribution in [3.8, 4) is 0 Å². The Morgan fingerprint density at radius 2 is 2.07 bits per heavy atom. The summed E-state index contributed by atoms with van der Waals surface area (Å²) in [4.78, 5) is 40.1. The molecule has 0 aromatic carbocycles. The van der Waals surface area contributed by atoms with E-state index in [0.717, 1.165) is 50.8 Å². The standard InChI is InChI=1S/C20H29N3O3S/c1-3-4-14(2)18(25)22-8-6-20(7-9-22)11-16(20)23(19(26)17(21)24)12-15-5-10-27-13-15/h5,10,13-14,16H,3-4,6-9,11-12H2,1-2H3,(H2,21,24). The summed E-state index contributed by atoms with van der Waals surface area (Å²) in [6.45, 7) is 6.00. The van der Waals surface area contributed by atoms with Crippen LogP contribution in [0.2, 0.25) is 0 Å². The number of hydrogen-bond acceptors (Lipinski definition) is 4. The fourth-order valence-electron chi connectivity index (χ4n) is 4.39. The largest absolute Gasteiger partial charge is 0.361 e. The third-order valence-corrected chi connectivity index (χ3v) is 6.87. The van der Waals surface area contributed by atoms with E-state index in [0.29, 0.717) is 6.54 Å². The van der Waals surface area contributed by atoms with Gasteiger partial charge in [-0.15, -0.1) is 0 Å². The van der Waals surface area contributed by atoms with Crippen LogP contribution in [0, 0.1) is 11.3 Å². The highest BCUT2D eigenvalue weighted by Gasteiger charge is 2.59. The molecule has 6 nitrogen and oxygen atoms in total. The van der Waals surface area contributed by atoms with Crippen LogP contribution in [-0.2, 0) is 20.9 Å². The van der Waals surface area contributed by atoms with Crippen LogP contribution in [0.15, 0.2) is 16.8 Å². The SMILES string of the molecule is CCCC(C)C(=O)N1CCC2(CC1)CC2N(Cc1ccsc1)C(=O)C(N)=O.